The van der Waals surface area contributed by atoms with E-state index in [2.05, 4.69) is 6.07 Å². The van der Waals surface area contributed by atoms with Gasteiger partial charge in [0.1, 0.15) is 6.07 Å². The maximum absolute atomic E-state index is 9.98. The predicted molar refractivity (Wildman–Crippen MR) is 123 cm³/mol. The molecule has 31 heavy (non-hydrogen) atoms. The van der Waals surface area contributed by atoms with Crippen LogP contribution in [0, 0.1) is 11.3 Å². The molecular weight excluding hydrogens is 382 g/mol. The van der Waals surface area contributed by atoms with E-state index in [1.165, 1.54) is 0 Å². The number of nitriles is 1. The van der Waals surface area contributed by atoms with E-state index >= 15 is 0 Å². The highest BCUT2D eigenvalue weighted by molar-refractivity contribution is 5.93. The number of hydrogen-bond acceptors (Lipinski definition) is 3. The van der Waals surface area contributed by atoms with Gasteiger partial charge in [-0.1, -0.05) is 60.7 Å². The molecule has 0 aliphatic heterocycles. The van der Waals surface area contributed by atoms with E-state index in [1.54, 1.807) is 0 Å². The first-order chi connectivity index (χ1) is 15.2. The number of rotatable bonds is 4. The highest BCUT2D eigenvalue weighted by atomic mass is 15.3. The third kappa shape index (κ3) is 3.41. The van der Waals surface area contributed by atoms with Crippen molar-refractivity contribution in [2.75, 3.05) is 0 Å². The highest BCUT2D eigenvalue weighted by Gasteiger charge is 2.16. The molecule has 0 bridgehead atoms. The minimum Gasteiger partial charge on any atom is -0.327 e. The van der Waals surface area contributed by atoms with E-state index < -0.39 is 0 Å². The lowest BCUT2D eigenvalue weighted by Gasteiger charge is -2.02. The van der Waals surface area contributed by atoms with Crippen LogP contribution < -0.4 is 0 Å². The second-order valence-corrected chi connectivity index (χ2v) is 7.23. The number of imidazole rings is 1. The molecule has 2 heterocycles. The van der Waals surface area contributed by atoms with Crippen molar-refractivity contribution in [1.82, 2.24) is 19.3 Å². The van der Waals surface area contributed by atoms with Crippen LogP contribution in [0.1, 0.15) is 11.4 Å². The minimum absolute atomic E-state index is 0.489. The quantitative estimate of drug-likeness (QED) is 0.374. The molecule has 5 heteroatoms. The Kier molecular flexibility index (Phi) is 4.66. The van der Waals surface area contributed by atoms with Gasteiger partial charge in [0.2, 0.25) is 0 Å². The van der Waals surface area contributed by atoms with E-state index in [0.717, 1.165) is 33.5 Å². The maximum atomic E-state index is 9.98. The van der Waals surface area contributed by atoms with Crippen LogP contribution in [0.25, 0.3) is 39.6 Å². The zero-order valence-corrected chi connectivity index (χ0v) is 17.0. The van der Waals surface area contributed by atoms with Crippen LogP contribution >= 0.6 is 0 Å². The Labute approximate surface area is 180 Å². The van der Waals surface area contributed by atoms with Gasteiger partial charge < -0.3 is 4.57 Å². The number of nitrogens with zero attached hydrogens (tertiary/aromatic N) is 5. The molecule has 0 saturated carbocycles. The molecule has 5 nitrogen and oxygen atoms in total. The average Bonchev–Trinajstić information content (AvgIpc) is 3.40. The molecule has 0 N–H and O–H groups in total. The summed E-state index contributed by atoms with van der Waals surface area (Å²) in [5, 5.41) is 14.8. The molecule has 0 radical (unpaired) electrons. The molecule has 5 aromatic rings. The monoisotopic (exact) mass is 401 g/mol. The standard InChI is InChI=1S/C26H19N5/c1-30-24-15-9-8-14-23(24)28-26(30)20(17-27)16-21-18-31(22-12-6-3-7-13-22)29-25(21)19-10-4-2-5-11-19/h2-16,18H,1H3/b20-16+. The topological polar surface area (TPSA) is 59.4 Å². The summed E-state index contributed by atoms with van der Waals surface area (Å²) in [5.74, 6) is 0.634. The third-order valence-corrected chi connectivity index (χ3v) is 5.26. The van der Waals surface area contributed by atoms with E-state index in [1.807, 2.05) is 113 Å². The molecule has 0 unspecified atom stereocenters. The second kappa shape index (κ2) is 7.77. The minimum atomic E-state index is 0.489. The van der Waals surface area contributed by atoms with Gasteiger partial charge in [0.25, 0.3) is 0 Å². The smallest absolute Gasteiger partial charge is 0.151 e. The zero-order chi connectivity index (χ0) is 21.2. The fourth-order valence-corrected chi connectivity index (χ4v) is 3.72. The lowest BCUT2D eigenvalue weighted by Crippen LogP contribution is -1.96. The molecule has 0 amide bonds. The molecular formula is C26H19N5. The summed E-state index contributed by atoms with van der Waals surface area (Å²) < 4.78 is 3.80. The molecule has 5 rings (SSSR count). The lowest BCUT2D eigenvalue weighted by molar-refractivity contribution is 0.884. The van der Waals surface area contributed by atoms with Gasteiger partial charge in [-0.05, 0) is 30.3 Å². The molecule has 0 fully saturated rings. The van der Waals surface area contributed by atoms with Gasteiger partial charge in [-0.3, -0.25) is 0 Å². The molecule has 3 aromatic carbocycles. The highest BCUT2D eigenvalue weighted by Crippen LogP contribution is 2.28. The first-order valence-corrected chi connectivity index (χ1v) is 9.99. The summed E-state index contributed by atoms with van der Waals surface area (Å²) in [4.78, 5) is 4.69. The van der Waals surface area contributed by atoms with E-state index in [9.17, 15) is 5.26 Å². The van der Waals surface area contributed by atoms with E-state index in [4.69, 9.17) is 10.1 Å². The van der Waals surface area contributed by atoms with Crippen LogP contribution in [0.3, 0.4) is 0 Å². The Morgan fingerprint density at radius 1 is 0.903 bits per heavy atom. The molecule has 148 valence electrons. The summed E-state index contributed by atoms with van der Waals surface area (Å²) in [6, 6.07) is 30.2. The summed E-state index contributed by atoms with van der Waals surface area (Å²) in [7, 11) is 1.93. The molecule has 0 aliphatic carbocycles. The van der Waals surface area contributed by atoms with Gasteiger partial charge in [-0.2, -0.15) is 10.4 Å². The summed E-state index contributed by atoms with van der Waals surface area (Å²) in [6.45, 7) is 0. The fourth-order valence-electron chi connectivity index (χ4n) is 3.72. The number of benzene rings is 3. The third-order valence-electron chi connectivity index (χ3n) is 5.26. The summed E-state index contributed by atoms with van der Waals surface area (Å²) in [6.07, 6.45) is 3.83. The Balaban J connectivity index is 1.69. The van der Waals surface area contributed by atoms with E-state index in [0.29, 0.717) is 11.4 Å². The first-order valence-electron chi connectivity index (χ1n) is 9.99. The summed E-state index contributed by atoms with van der Waals surface area (Å²) in [5.41, 5.74) is 5.97. The number of aromatic nitrogens is 4. The Morgan fingerprint density at radius 2 is 1.58 bits per heavy atom. The first kappa shape index (κ1) is 18.6. The largest absolute Gasteiger partial charge is 0.327 e. The number of aryl methyl sites for hydroxylation is 1. The molecule has 2 aromatic heterocycles. The molecule has 0 spiro atoms. The van der Waals surface area contributed by atoms with Gasteiger partial charge in [-0.15, -0.1) is 0 Å². The maximum Gasteiger partial charge on any atom is 0.151 e. The van der Waals surface area contributed by atoms with Crippen molar-refractivity contribution in [3.05, 3.63) is 103 Å². The lowest BCUT2D eigenvalue weighted by atomic mass is 10.1. The van der Waals surface area contributed by atoms with Crippen LogP contribution in [0.2, 0.25) is 0 Å². The number of para-hydroxylation sites is 3. The van der Waals surface area contributed by atoms with Gasteiger partial charge in [-0.25, -0.2) is 9.67 Å². The molecule has 0 saturated heterocycles. The van der Waals surface area contributed by atoms with Gasteiger partial charge in [0.15, 0.2) is 5.82 Å². The fraction of sp³-hybridized carbons (Fsp3) is 0.0385. The van der Waals surface area contributed by atoms with E-state index in [-0.39, 0.29) is 0 Å². The Morgan fingerprint density at radius 3 is 2.29 bits per heavy atom. The number of fused-ring (bicyclic) bond motifs is 1. The van der Waals surface area contributed by atoms with Crippen LogP contribution in [-0.4, -0.2) is 19.3 Å². The molecule has 0 atom stereocenters. The van der Waals surface area contributed by atoms with Gasteiger partial charge >= 0.3 is 0 Å². The van der Waals surface area contributed by atoms with Crippen LogP contribution in [0.15, 0.2) is 91.1 Å². The van der Waals surface area contributed by atoms with Crippen molar-refractivity contribution in [2.24, 2.45) is 7.05 Å². The Hall–Kier alpha value is -4.43. The number of allylic oxidation sites excluding steroid dienone is 1. The van der Waals surface area contributed by atoms with Crippen LogP contribution in [0.4, 0.5) is 0 Å². The van der Waals surface area contributed by atoms with Crippen molar-refractivity contribution in [3.63, 3.8) is 0 Å². The van der Waals surface area contributed by atoms with Gasteiger partial charge in [0, 0.05) is 24.4 Å². The summed E-state index contributed by atoms with van der Waals surface area (Å²) >= 11 is 0. The normalized spacial score (nSPS) is 11.5. The van der Waals surface area contributed by atoms with Crippen molar-refractivity contribution >= 4 is 22.7 Å². The van der Waals surface area contributed by atoms with Crippen LogP contribution in [-0.2, 0) is 7.05 Å². The predicted octanol–water partition coefficient (Wildman–Crippen LogP) is 5.49. The Bertz CT molecular complexity index is 1430. The number of hydrogen-bond donors (Lipinski definition) is 0. The van der Waals surface area contributed by atoms with Crippen molar-refractivity contribution in [2.45, 2.75) is 0 Å². The van der Waals surface area contributed by atoms with Gasteiger partial charge in [0.05, 0.1) is 28.0 Å². The molecule has 0 aliphatic rings. The van der Waals surface area contributed by atoms with Crippen molar-refractivity contribution in [3.8, 4) is 23.0 Å². The van der Waals surface area contributed by atoms with Crippen molar-refractivity contribution in [1.29, 1.82) is 5.26 Å². The zero-order valence-electron chi connectivity index (χ0n) is 17.0. The van der Waals surface area contributed by atoms with Crippen molar-refractivity contribution < 1.29 is 0 Å². The SMILES string of the molecule is Cn1c(/C(C#N)=C/c2cn(-c3ccccc3)nc2-c2ccccc2)nc2ccccc21. The second-order valence-electron chi connectivity index (χ2n) is 7.23. The average molecular weight is 401 g/mol. The van der Waals surface area contributed by atoms with Crippen LogP contribution in [0.5, 0.6) is 0 Å².